The van der Waals surface area contributed by atoms with Gasteiger partial charge in [-0.25, -0.2) is 13.5 Å². The van der Waals surface area contributed by atoms with Crippen LogP contribution in [0.3, 0.4) is 0 Å². The number of nitrogens with zero attached hydrogens (tertiary/aromatic N) is 2. The van der Waals surface area contributed by atoms with E-state index in [9.17, 15) is 18.0 Å². The summed E-state index contributed by atoms with van der Waals surface area (Å²) in [5, 5.41) is 9.78. The van der Waals surface area contributed by atoms with Crippen molar-refractivity contribution in [3.63, 3.8) is 0 Å². The van der Waals surface area contributed by atoms with E-state index in [0.29, 0.717) is 29.5 Å². The van der Waals surface area contributed by atoms with Crippen LogP contribution in [0.25, 0.3) is 10.8 Å². The Labute approximate surface area is 196 Å². The van der Waals surface area contributed by atoms with Crippen LogP contribution in [0.15, 0.2) is 52.2 Å². The molecule has 0 saturated carbocycles. The number of rotatable bonds is 6. The van der Waals surface area contributed by atoms with Gasteiger partial charge in [0, 0.05) is 24.2 Å². The molecule has 0 aliphatic carbocycles. The summed E-state index contributed by atoms with van der Waals surface area (Å²) in [6, 6.07) is 11.3. The number of aromatic amines is 1. The Morgan fingerprint density at radius 3 is 2.42 bits per heavy atom. The zero-order valence-corrected chi connectivity index (χ0v) is 19.9. The maximum Gasteiger partial charge on any atom is 0.290 e. The second-order valence-corrected chi connectivity index (χ2v) is 9.39. The van der Waals surface area contributed by atoms with Crippen molar-refractivity contribution in [3.8, 4) is 0 Å². The molecule has 174 valence electrons. The monoisotopic (exact) mass is 488 g/mol. The number of amides is 1. The summed E-state index contributed by atoms with van der Waals surface area (Å²) in [7, 11) is -3.64. The maximum absolute atomic E-state index is 12.8. The standard InChI is InChI=1S/C21H24N6O4S2/c1-4-27(5-2)33(30,31)14-11-10-13(3)17(12-14)22-21(32)26-25-20(29)18-15-8-6-7-9-16(15)19(28)24-23-18/h6-12H,4-5H2,1-3H3,(H,24,28)(H,25,29)(H2,22,26,32). The summed E-state index contributed by atoms with van der Waals surface area (Å²) < 4.78 is 27.0. The molecule has 1 aromatic heterocycles. The van der Waals surface area contributed by atoms with Crippen molar-refractivity contribution in [1.82, 2.24) is 25.4 Å². The van der Waals surface area contributed by atoms with Gasteiger partial charge in [-0.15, -0.1) is 0 Å². The normalized spacial score (nSPS) is 11.4. The molecule has 0 fully saturated rings. The number of benzene rings is 2. The van der Waals surface area contributed by atoms with E-state index in [2.05, 4.69) is 26.4 Å². The van der Waals surface area contributed by atoms with E-state index in [0.717, 1.165) is 5.56 Å². The van der Waals surface area contributed by atoms with Crippen molar-refractivity contribution in [2.24, 2.45) is 0 Å². The van der Waals surface area contributed by atoms with E-state index < -0.39 is 21.5 Å². The molecule has 12 heteroatoms. The Balaban J connectivity index is 1.74. The van der Waals surface area contributed by atoms with Gasteiger partial charge in [-0.05, 0) is 42.9 Å². The minimum Gasteiger partial charge on any atom is -0.331 e. The lowest BCUT2D eigenvalue weighted by Gasteiger charge is -2.20. The van der Waals surface area contributed by atoms with Crippen LogP contribution in [0.4, 0.5) is 5.69 Å². The van der Waals surface area contributed by atoms with Gasteiger partial charge in [0.15, 0.2) is 10.8 Å². The number of hydrogen-bond donors (Lipinski definition) is 4. The number of nitrogens with one attached hydrogen (secondary N) is 4. The average molecular weight is 489 g/mol. The largest absolute Gasteiger partial charge is 0.331 e. The summed E-state index contributed by atoms with van der Waals surface area (Å²) in [6.45, 7) is 6.06. The van der Waals surface area contributed by atoms with Gasteiger partial charge in [-0.2, -0.15) is 9.40 Å². The van der Waals surface area contributed by atoms with E-state index in [1.807, 2.05) is 0 Å². The molecular formula is C21H24N6O4S2. The number of anilines is 1. The molecule has 0 bridgehead atoms. The molecular weight excluding hydrogens is 464 g/mol. The van der Waals surface area contributed by atoms with Crippen LogP contribution in [0.2, 0.25) is 0 Å². The third kappa shape index (κ3) is 5.18. The Bertz CT molecular complexity index is 1370. The number of thiocarbonyl (C=S) groups is 1. The number of aryl methyl sites for hydroxylation is 1. The smallest absolute Gasteiger partial charge is 0.290 e. The first-order valence-electron chi connectivity index (χ1n) is 10.1. The van der Waals surface area contributed by atoms with Crippen molar-refractivity contribution < 1.29 is 13.2 Å². The van der Waals surface area contributed by atoms with Gasteiger partial charge in [0.1, 0.15) is 0 Å². The van der Waals surface area contributed by atoms with Gasteiger partial charge < -0.3 is 5.32 Å². The number of carbonyl (C=O) groups excluding carboxylic acids is 1. The number of aromatic nitrogens is 2. The molecule has 2 aromatic carbocycles. The van der Waals surface area contributed by atoms with E-state index in [1.54, 1.807) is 57.2 Å². The first-order chi connectivity index (χ1) is 15.7. The van der Waals surface area contributed by atoms with E-state index in [-0.39, 0.29) is 15.7 Å². The molecule has 3 aromatic rings. The van der Waals surface area contributed by atoms with Crippen LogP contribution in [-0.4, -0.2) is 47.0 Å². The number of hydrogen-bond acceptors (Lipinski definition) is 6. The number of H-pyrrole nitrogens is 1. The third-order valence-electron chi connectivity index (χ3n) is 5.00. The number of sulfonamides is 1. The van der Waals surface area contributed by atoms with Gasteiger partial charge in [-0.3, -0.25) is 20.4 Å². The predicted octanol–water partition coefficient (Wildman–Crippen LogP) is 1.89. The average Bonchev–Trinajstić information content (AvgIpc) is 2.80. The SMILES string of the molecule is CCN(CC)S(=O)(=O)c1ccc(C)c(NC(=S)NNC(=O)c2n[nH]c(=O)c3ccccc23)c1. The number of fused-ring (bicyclic) bond motifs is 1. The Morgan fingerprint density at radius 2 is 1.76 bits per heavy atom. The van der Waals surface area contributed by atoms with Gasteiger partial charge >= 0.3 is 0 Å². The summed E-state index contributed by atoms with van der Waals surface area (Å²) >= 11 is 5.24. The lowest BCUT2D eigenvalue weighted by Crippen LogP contribution is -2.44. The number of carbonyl (C=O) groups is 1. The molecule has 33 heavy (non-hydrogen) atoms. The molecule has 0 saturated heterocycles. The molecule has 10 nitrogen and oxygen atoms in total. The maximum atomic E-state index is 12.8. The molecule has 3 rings (SSSR count). The van der Waals surface area contributed by atoms with E-state index in [1.165, 1.54) is 10.4 Å². The van der Waals surface area contributed by atoms with Crippen molar-refractivity contribution in [3.05, 3.63) is 64.1 Å². The van der Waals surface area contributed by atoms with E-state index >= 15 is 0 Å². The van der Waals surface area contributed by atoms with Crippen molar-refractivity contribution >= 4 is 49.7 Å². The molecule has 0 aliphatic rings. The van der Waals surface area contributed by atoms with Crippen LogP contribution in [0, 0.1) is 6.92 Å². The highest BCUT2D eigenvalue weighted by Crippen LogP contribution is 2.23. The van der Waals surface area contributed by atoms with Gasteiger partial charge in [-0.1, -0.05) is 38.1 Å². The van der Waals surface area contributed by atoms with Crippen LogP contribution < -0.4 is 21.7 Å². The fourth-order valence-corrected chi connectivity index (χ4v) is 4.87. The third-order valence-corrected chi connectivity index (χ3v) is 7.25. The predicted molar refractivity (Wildman–Crippen MR) is 130 cm³/mol. The molecule has 0 spiro atoms. The zero-order valence-electron chi connectivity index (χ0n) is 18.3. The fraction of sp³-hybridized carbons (Fsp3) is 0.238. The topological polar surface area (TPSA) is 136 Å². The summed E-state index contributed by atoms with van der Waals surface area (Å²) in [5.74, 6) is -0.610. The van der Waals surface area contributed by atoms with Crippen molar-refractivity contribution in [2.45, 2.75) is 25.7 Å². The van der Waals surface area contributed by atoms with E-state index in [4.69, 9.17) is 12.2 Å². The minimum absolute atomic E-state index is 0.0176. The Morgan fingerprint density at radius 1 is 1.09 bits per heavy atom. The van der Waals surface area contributed by atoms with Crippen molar-refractivity contribution in [2.75, 3.05) is 18.4 Å². The summed E-state index contributed by atoms with van der Waals surface area (Å²) in [6.07, 6.45) is 0. The molecule has 4 N–H and O–H groups in total. The first-order valence-corrected chi connectivity index (χ1v) is 12.0. The van der Waals surface area contributed by atoms with Gasteiger partial charge in [0.25, 0.3) is 11.5 Å². The summed E-state index contributed by atoms with van der Waals surface area (Å²) in [5.41, 5.74) is 5.85. The zero-order chi connectivity index (χ0) is 24.2. The van der Waals surface area contributed by atoms with Gasteiger partial charge in [0.2, 0.25) is 10.0 Å². The fourth-order valence-electron chi connectivity index (χ4n) is 3.22. The number of hydrazine groups is 1. The Hall–Kier alpha value is -3.35. The minimum atomic E-state index is -3.64. The molecule has 0 radical (unpaired) electrons. The molecule has 0 unspecified atom stereocenters. The second-order valence-electron chi connectivity index (χ2n) is 7.05. The van der Waals surface area contributed by atoms with Crippen LogP contribution in [0.5, 0.6) is 0 Å². The molecule has 0 aliphatic heterocycles. The first kappa shape index (κ1) is 24.3. The highest BCUT2D eigenvalue weighted by atomic mass is 32.2. The van der Waals surface area contributed by atoms with Crippen LogP contribution >= 0.6 is 12.2 Å². The molecule has 0 atom stereocenters. The highest BCUT2D eigenvalue weighted by molar-refractivity contribution is 7.89. The quantitative estimate of drug-likeness (QED) is 0.305. The summed E-state index contributed by atoms with van der Waals surface area (Å²) in [4.78, 5) is 24.6. The highest BCUT2D eigenvalue weighted by Gasteiger charge is 2.22. The Kier molecular flexibility index (Phi) is 7.41. The molecule has 1 heterocycles. The lowest BCUT2D eigenvalue weighted by molar-refractivity contribution is 0.0940. The van der Waals surface area contributed by atoms with Crippen molar-refractivity contribution in [1.29, 1.82) is 0 Å². The second kappa shape index (κ2) is 10.1. The molecule has 1 amide bonds. The lowest BCUT2D eigenvalue weighted by atomic mass is 10.1. The van der Waals surface area contributed by atoms with Crippen LogP contribution in [-0.2, 0) is 10.0 Å². The van der Waals surface area contributed by atoms with Gasteiger partial charge in [0.05, 0.1) is 10.3 Å². The van der Waals surface area contributed by atoms with Crippen LogP contribution in [0.1, 0.15) is 29.9 Å².